The van der Waals surface area contributed by atoms with Crippen LogP contribution < -0.4 is 10.5 Å². The zero-order chi connectivity index (χ0) is 27.5. The first-order valence-electron chi connectivity index (χ1n) is 13.3. The van der Waals surface area contributed by atoms with Crippen molar-refractivity contribution in [2.75, 3.05) is 7.11 Å². The van der Waals surface area contributed by atoms with Gasteiger partial charge in [-0.3, -0.25) is 0 Å². The van der Waals surface area contributed by atoms with Crippen LogP contribution >= 0.6 is 35.1 Å². The summed E-state index contributed by atoms with van der Waals surface area (Å²) in [5, 5.41) is 3.08. The number of benzene rings is 4. The van der Waals surface area contributed by atoms with E-state index in [2.05, 4.69) is 77.0 Å². The molecule has 0 radical (unpaired) electrons. The molecular weight excluding hydrogens is 554 g/mol. The first-order valence-corrected chi connectivity index (χ1v) is 15.3. The molecule has 0 aliphatic carbocycles. The number of H-pyrrole nitrogens is 2. The van der Waals surface area contributed by atoms with Gasteiger partial charge in [0.05, 0.1) is 12.6 Å². The van der Waals surface area contributed by atoms with E-state index < -0.39 is 0 Å². The molecular formula is C33H30ClN3OS2. The molecule has 0 bridgehead atoms. The molecule has 202 valence electrons. The van der Waals surface area contributed by atoms with Crippen molar-refractivity contribution in [3.63, 3.8) is 0 Å². The molecule has 0 amide bonds. The van der Waals surface area contributed by atoms with E-state index in [1.807, 2.05) is 30.3 Å². The van der Waals surface area contributed by atoms with Crippen LogP contribution in [0.15, 0.2) is 117 Å². The Bertz CT molecular complexity index is 1780. The summed E-state index contributed by atoms with van der Waals surface area (Å²) < 4.78 is 5.37. The predicted molar refractivity (Wildman–Crippen MR) is 169 cm³/mol. The molecule has 7 heteroatoms. The molecule has 0 fully saturated rings. The lowest BCUT2D eigenvalue weighted by molar-refractivity contribution is 0.415. The number of hydrogen-bond donors (Lipinski definition) is 3. The van der Waals surface area contributed by atoms with Crippen molar-refractivity contribution in [3.8, 4) is 5.75 Å². The van der Waals surface area contributed by atoms with Crippen molar-refractivity contribution < 1.29 is 4.74 Å². The van der Waals surface area contributed by atoms with Gasteiger partial charge in [0.15, 0.2) is 0 Å². The molecule has 0 saturated heterocycles. The minimum atomic E-state index is 0.0535. The quantitative estimate of drug-likeness (QED) is 0.150. The van der Waals surface area contributed by atoms with Gasteiger partial charge in [0, 0.05) is 65.4 Å². The van der Waals surface area contributed by atoms with E-state index in [4.69, 9.17) is 22.1 Å². The van der Waals surface area contributed by atoms with Crippen LogP contribution in [-0.4, -0.2) is 23.1 Å². The fourth-order valence-corrected chi connectivity index (χ4v) is 7.31. The third-order valence-corrected chi connectivity index (χ3v) is 9.70. The highest BCUT2D eigenvalue weighted by Gasteiger charge is 2.14. The van der Waals surface area contributed by atoms with Crippen LogP contribution in [0.4, 0.5) is 0 Å². The maximum Gasteiger partial charge on any atom is 0.120 e. The highest BCUT2D eigenvalue weighted by Crippen LogP contribution is 2.38. The van der Waals surface area contributed by atoms with E-state index in [1.54, 1.807) is 30.6 Å². The predicted octanol–water partition coefficient (Wildman–Crippen LogP) is 9.12. The number of aromatic amines is 2. The van der Waals surface area contributed by atoms with Crippen LogP contribution in [0.25, 0.3) is 21.8 Å². The molecule has 4 aromatic carbocycles. The van der Waals surface area contributed by atoms with Crippen molar-refractivity contribution in [1.82, 2.24) is 9.97 Å². The van der Waals surface area contributed by atoms with Gasteiger partial charge in [-0.1, -0.05) is 71.5 Å². The van der Waals surface area contributed by atoms with Gasteiger partial charge >= 0.3 is 0 Å². The minimum Gasteiger partial charge on any atom is -0.497 e. The number of hydrogen-bond acceptors (Lipinski definition) is 4. The fraction of sp³-hybridized carbons (Fsp3) is 0.152. The molecule has 0 saturated carbocycles. The highest BCUT2D eigenvalue weighted by molar-refractivity contribution is 8.00. The maximum absolute atomic E-state index is 6.74. The third-order valence-electron chi connectivity index (χ3n) is 7.11. The Hall–Kier alpha value is -3.29. The van der Waals surface area contributed by atoms with Crippen molar-refractivity contribution in [3.05, 3.63) is 113 Å². The summed E-state index contributed by atoms with van der Waals surface area (Å²) in [4.78, 5) is 11.6. The average molecular weight is 584 g/mol. The fourth-order valence-electron chi connectivity index (χ4n) is 4.99. The summed E-state index contributed by atoms with van der Waals surface area (Å²) in [6.45, 7) is 0. The van der Waals surface area contributed by atoms with Gasteiger partial charge in [0.1, 0.15) is 5.75 Å². The van der Waals surface area contributed by atoms with Gasteiger partial charge in [-0.05, 0) is 72.9 Å². The molecule has 1 atom stereocenters. The van der Waals surface area contributed by atoms with E-state index in [-0.39, 0.29) is 6.04 Å². The molecule has 6 aromatic rings. The van der Waals surface area contributed by atoms with Crippen LogP contribution in [-0.2, 0) is 12.8 Å². The van der Waals surface area contributed by atoms with Crippen LogP contribution in [0.2, 0.25) is 5.02 Å². The Morgan fingerprint density at radius 1 is 0.750 bits per heavy atom. The molecule has 0 aliphatic rings. The van der Waals surface area contributed by atoms with Gasteiger partial charge < -0.3 is 20.4 Å². The zero-order valence-corrected chi connectivity index (χ0v) is 24.5. The van der Waals surface area contributed by atoms with Gasteiger partial charge in [-0.25, -0.2) is 0 Å². The summed E-state index contributed by atoms with van der Waals surface area (Å²) in [6.07, 6.45) is 6.79. The van der Waals surface area contributed by atoms with Gasteiger partial charge in [0.25, 0.3) is 0 Å². The van der Waals surface area contributed by atoms with Crippen molar-refractivity contribution in [2.45, 2.75) is 44.9 Å². The van der Waals surface area contributed by atoms with E-state index >= 15 is 0 Å². The minimum absolute atomic E-state index is 0.0535. The second-order valence-electron chi connectivity index (χ2n) is 9.83. The summed E-state index contributed by atoms with van der Waals surface area (Å²) >= 11 is 9.84. The summed E-state index contributed by atoms with van der Waals surface area (Å²) in [6, 6.07) is 29.4. The number of methoxy groups -OCH3 is 1. The van der Waals surface area contributed by atoms with E-state index in [0.29, 0.717) is 0 Å². The molecule has 40 heavy (non-hydrogen) atoms. The smallest absolute Gasteiger partial charge is 0.120 e. The first-order chi connectivity index (χ1) is 19.6. The number of rotatable bonds is 10. The molecule has 2 heterocycles. The normalized spacial score (nSPS) is 12.3. The summed E-state index contributed by atoms with van der Waals surface area (Å²) in [7, 11) is 1.69. The molecule has 0 spiro atoms. The Kier molecular flexibility index (Phi) is 8.12. The number of nitrogens with two attached hydrogens (primary N) is 1. The monoisotopic (exact) mass is 583 g/mol. The first kappa shape index (κ1) is 26.9. The average Bonchev–Trinajstić information content (AvgIpc) is 3.56. The largest absolute Gasteiger partial charge is 0.497 e. The lowest BCUT2D eigenvalue weighted by Crippen LogP contribution is -2.23. The summed E-state index contributed by atoms with van der Waals surface area (Å²) in [5.41, 5.74) is 11.5. The van der Waals surface area contributed by atoms with Crippen LogP contribution in [0.5, 0.6) is 5.75 Å². The lowest BCUT2D eigenvalue weighted by atomic mass is 10.00. The highest BCUT2D eigenvalue weighted by atomic mass is 35.5. The van der Waals surface area contributed by atoms with Gasteiger partial charge in [-0.2, -0.15) is 0 Å². The van der Waals surface area contributed by atoms with Crippen molar-refractivity contribution in [2.24, 2.45) is 5.73 Å². The number of nitrogens with one attached hydrogen (secondary N) is 2. The van der Waals surface area contributed by atoms with E-state index in [1.165, 1.54) is 36.1 Å². The second kappa shape index (κ2) is 12.1. The van der Waals surface area contributed by atoms with Crippen LogP contribution in [0.3, 0.4) is 0 Å². The van der Waals surface area contributed by atoms with E-state index in [0.717, 1.165) is 46.5 Å². The van der Waals surface area contributed by atoms with Gasteiger partial charge in [-0.15, -0.1) is 0 Å². The van der Waals surface area contributed by atoms with Crippen molar-refractivity contribution in [1.29, 1.82) is 0 Å². The van der Waals surface area contributed by atoms with Crippen LogP contribution in [0, 0.1) is 0 Å². The van der Waals surface area contributed by atoms with E-state index in [9.17, 15) is 0 Å². The van der Waals surface area contributed by atoms with Crippen molar-refractivity contribution >= 4 is 56.9 Å². The lowest BCUT2D eigenvalue weighted by Gasteiger charge is -2.16. The molecule has 6 rings (SSSR count). The summed E-state index contributed by atoms with van der Waals surface area (Å²) in [5.74, 6) is 0.853. The number of fused-ring (bicyclic) bond motifs is 2. The SMILES string of the molecule is COc1ccc2c(Sc3ccccc3CCC(N)Cc3ccccc3Sc3c[nH]c4ccc(Cl)cc34)c[nH]c2c1. The number of halogens is 1. The number of aryl methyl sites for hydroxylation is 1. The van der Waals surface area contributed by atoms with Gasteiger partial charge in [0.2, 0.25) is 0 Å². The topological polar surface area (TPSA) is 66.8 Å². The number of ether oxygens (including phenoxy) is 1. The number of aromatic nitrogens is 2. The Labute approximate surface area is 247 Å². The molecule has 1 unspecified atom stereocenters. The molecule has 4 N–H and O–H groups in total. The molecule has 2 aromatic heterocycles. The van der Waals surface area contributed by atoms with Crippen LogP contribution in [0.1, 0.15) is 17.5 Å². The third kappa shape index (κ3) is 5.91. The Morgan fingerprint density at radius 2 is 1.43 bits per heavy atom. The maximum atomic E-state index is 6.74. The Balaban J connectivity index is 1.14. The Morgan fingerprint density at radius 3 is 2.20 bits per heavy atom. The second-order valence-corrected chi connectivity index (χ2v) is 12.4. The molecule has 4 nitrogen and oxygen atoms in total. The standard InChI is InChI=1S/C33H30ClN3OS2/c1-38-25-13-14-26-29(18-25)37-19-32(26)39-30-8-4-2-6-21(30)10-12-24(35)16-22-7-3-5-9-31(22)40-33-20-36-28-15-11-23(34)17-27(28)33/h2-9,11,13-15,17-20,24,36-37H,10,12,16,35H2,1H3. The molecule has 0 aliphatic heterocycles. The zero-order valence-electron chi connectivity index (χ0n) is 22.1.